The second kappa shape index (κ2) is 8.82. The summed E-state index contributed by atoms with van der Waals surface area (Å²) in [5.41, 5.74) is 0.258. The predicted molar refractivity (Wildman–Crippen MR) is 128 cm³/mol. The minimum absolute atomic E-state index is 0.104. The SMILES string of the molecule is CC(C)CN1C(=O)/C(=C\c2c(Oc3ccc(Cl)cc3)nc3ccccn3c2=O)SC1=S. The lowest BCUT2D eigenvalue weighted by atomic mass is 10.2. The van der Waals surface area contributed by atoms with E-state index in [1.165, 1.54) is 22.2 Å². The average Bonchev–Trinajstić information content (AvgIpc) is 2.99. The molecule has 0 radical (unpaired) electrons. The number of pyridine rings is 1. The van der Waals surface area contributed by atoms with Crippen LogP contribution in [0.4, 0.5) is 0 Å². The van der Waals surface area contributed by atoms with Crippen LogP contribution in [0.15, 0.2) is 58.4 Å². The van der Waals surface area contributed by atoms with Crippen LogP contribution in [0.1, 0.15) is 19.4 Å². The molecule has 158 valence electrons. The normalized spacial score (nSPS) is 15.5. The first-order valence-corrected chi connectivity index (χ1v) is 11.1. The van der Waals surface area contributed by atoms with Gasteiger partial charge in [-0.05, 0) is 48.4 Å². The lowest BCUT2D eigenvalue weighted by Crippen LogP contribution is -2.31. The number of thiocarbonyl (C=S) groups is 1. The summed E-state index contributed by atoms with van der Waals surface area (Å²) in [7, 11) is 0. The maximum absolute atomic E-state index is 13.2. The molecule has 1 aliphatic rings. The highest BCUT2D eigenvalue weighted by molar-refractivity contribution is 8.26. The van der Waals surface area contributed by atoms with Crippen LogP contribution in [-0.4, -0.2) is 31.1 Å². The van der Waals surface area contributed by atoms with Crippen molar-refractivity contribution in [1.29, 1.82) is 0 Å². The second-order valence-electron chi connectivity index (χ2n) is 7.31. The third kappa shape index (κ3) is 4.51. The van der Waals surface area contributed by atoms with Crippen molar-refractivity contribution in [3.63, 3.8) is 0 Å². The summed E-state index contributed by atoms with van der Waals surface area (Å²) in [5.74, 6) is 0.614. The van der Waals surface area contributed by atoms with E-state index in [2.05, 4.69) is 4.98 Å². The highest BCUT2D eigenvalue weighted by atomic mass is 35.5. The first kappa shape index (κ1) is 21.5. The Morgan fingerprint density at radius 1 is 1.19 bits per heavy atom. The molecule has 1 fully saturated rings. The molecule has 0 atom stereocenters. The molecule has 31 heavy (non-hydrogen) atoms. The smallest absolute Gasteiger partial charge is 0.269 e. The maximum Gasteiger partial charge on any atom is 0.269 e. The molecule has 2 aromatic heterocycles. The van der Waals surface area contributed by atoms with Crippen molar-refractivity contribution >= 4 is 57.5 Å². The van der Waals surface area contributed by atoms with E-state index in [4.69, 9.17) is 28.6 Å². The number of fused-ring (bicyclic) bond motifs is 1. The van der Waals surface area contributed by atoms with Gasteiger partial charge < -0.3 is 4.74 Å². The van der Waals surface area contributed by atoms with Gasteiger partial charge in [-0.25, -0.2) is 0 Å². The molecular formula is C22H18ClN3O3S2. The van der Waals surface area contributed by atoms with Gasteiger partial charge in [0.25, 0.3) is 11.5 Å². The van der Waals surface area contributed by atoms with Crippen LogP contribution in [-0.2, 0) is 4.79 Å². The number of carbonyl (C=O) groups is 1. The average molecular weight is 472 g/mol. The summed E-state index contributed by atoms with van der Waals surface area (Å²) < 4.78 is 7.81. The van der Waals surface area contributed by atoms with Crippen molar-refractivity contribution in [3.05, 3.63) is 74.5 Å². The van der Waals surface area contributed by atoms with Crippen LogP contribution >= 0.6 is 35.6 Å². The number of amides is 1. The first-order chi connectivity index (χ1) is 14.8. The van der Waals surface area contributed by atoms with Crippen LogP contribution in [0, 0.1) is 5.92 Å². The molecule has 1 amide bonds. The number of halogens is 1. The zero-order chi connectivity index (χ0) is 22.1. The van der Waals surface area contributed by atoms with Crippen LogP contribution in [0.3, 0.4) is 0 Å². The number of ether oxygens (including phenoxy) is 1. The Kier molecular flexibility index (Phi) is 6.13. The van der Waals surface area contributed by atoms with Gasteiger partial charge in [0, 0.05) is 17.8 Å². The lowest BCUT2D eigenvalue weighted by molar-refractivity contribution is -0.122. The van der Waals surface area contributed by atoms with Crippen LogP contribution in [0.2, 0.25) is 5.02 Å². The zero-order valence-electron chi connectivity index (χ0n) is 16.7. The quantitative estimate of drug-likeness (QED) is 0.385. The molecule has 1 saturated heterocycles. The van der Waals surface area contributed by atoms with Gasteiger partial charge in [-0.15, -0.1) is 0 Å². The Morgan fingerprint density at radius 2 is 1.94 bits per heavy atom. The van der Waals surface area contributed by atoms with E-state index in [1.807, 2.05) is 13.8 Å². The summed E-state index contributed by atoms with van der Waals surface area (Å²) in [6.07, 6.45) is 3.14. The Morgan fingerprint density at radius 3 is 2.65 bits per heavy atom. The minimum Gasteiger partial charge on any atom is -0.438 e. The van der Waals surface area contributed by atoms with Crippen LogP contribution < -0.4 is 10.3 Å². The number of aromatic nitrogens is 2. The van der Waals surface area contributed by atoms with Gasteiger partial charge in [-0.3, -0.25) is 18.9 Å². The number of hydrogen-bond donors (Lipinski definition) is 0. The summed E-state index contributed by atoms with van der Waals surface area (Å²) in [4.78, 5) is 32.6. The lowest BCUT2D eigenvalue weighted by Gasteiger charge is -2.16. The molecule has 1 aliphatic heterocycles. The van der Waals surface area contributed by atoms with Crippen molar-refractivity contribution in [3.8, 4) is 11.6 Å². The van der Waals surface area contributed by atoms with Crippen LogP contribution in [0.5, 0.6) is 11.6 Å². The molecule has 3 heterocycles. The number of carbonyl (C=O) groups excluding carboxylic acids is 1. The molecule has 0 aliphatic carbocycles. The number of rotatable bonds is 5. The van der Waals surface area contributed by atoms with E-state index in [1.54, 1.807) is 53.6 Å². The predicted octanol–water partition coefficient (Wildman–Crippen LogP) is 5.00. The van der Waals surface area contributed by atoms with Crippen molar-refractivity contribution in [2.75, 3.05) is 6.54 Å². The molecule has 3 aromatic rings. The minimum atomic E-state index is -0.344. The molecule has 0 N–H and O–H groups in total. The Hall–Kier alpha value is -2.68. The molecule has 0 saturated carbocycles. The monoisotopic (exact) mass is 471 g/mol. The zero-order valence-corrected chi connectivity index (χ0v) is 19.1. The summed E-state index contributed by atoms with van der Waals surface area (Å²) >= 11 is 12.5. The van der Waals surface area contributed by atoms with E-state index in [0.717, 1.165) is 0 Å². The van der Waals surface area contributed by atoms with Gasteiger partial charge in [0.2, 0.25) is 5.88 Å². The fraction of sp³-hybridized carbons (Fsp3) is 0.182. The summed E-state index contributed by atoms with van der Waals surface area (Å²) in [6.45, 7) is 4.55. The Labute approximate surface area is 193 Å². The van der Waals surface area contributed by atoms with E-state index in [0.29, 0.717) is 32.2 Å². The molecule has 0 spiro atoms. The molecule has 9 heteroatoms. The largest absolute Gasteiger partial charge is 0.438 e. The number of benzene rings is 1. The van der Waals surface area contributed by atoms with Crippen molar-refractivity contribution in [2.45, 2.75) is 13.8 Å². The fourth-order valence-electron chi connectivity index (χ4n) is 3.05. The molecule has 1 aromatic carbocycles. The third-order valence-corrected chi connectivity index (χ3v) is 6.09. The van der Waals surface area contributed by atoms with Gasteiger partial charge in [0.15, 0.2) is 0 Å². The molecule has 0 bridgehead atoms. The van der Waals surface area contributed by atoms with Gasteiger partial charge in [-0.1, -0.05) is 55.5 Å². The third-order valence-electron chi connectivity index (χ3n) is 4.46. The first-order valence-electron chi connectivity index (χ1n) is 9.53. The van der Waals surface area contributed by atoms with Crippen LogP contribution in [0.25, 0.3) is 11.7 Å². The highest BCUT2D eigenvalue weighted by Crippen LogP contribution is 2.34. The van der Waals surface area contributed by atoms with E-state index in [9.17, 15) is 9.59 Å². The highest BCUT2D eigenvalue weighted by Gasteiger charge is 2.33. The van der Waals surface area contributed by atoms with Gasteiger partial charge in [-0.2, -0.15) is 4.98 Å². The van der Waals surface area contributed by atoms with Gasteiger partial charge >= 0.3 is 0 Å². The standard InChI is InChI=1S/C22H18ClN3O3S2/c1-13(2)12-26-21(28)17(31-22(26)30)11-16-19(29-15-8-6-14(23)7-9-15)24-18-5-3-4-10-25(18)20(16)27/h3-11,13H,12H2,1-2H3/b17-11+. The van der Waals surface area contributed by atoms with E-state index in [-0.39, 0.29) is 28.8 Å². The number of thioether (sulfide) groups is 1. The summed E-state index contributed by atoms with van der Waals surface area (Å²) in [6, 6.07) is 12.0. The molecule has 0 unspecified atom stereocenters. The molecule has 6 nitrogen and oxygen atoms in total. The van der Waals surface area contributed by atoms with Crippen molar-refractivity contribution in [1.82, 2.24) is 14.3 Å². The Bertz CT molecular complexity index is 1270. The van der Waals surface area contributed by atoms with Gasteiger partial charge in [0.1, 0.15) is 21.3 Å². The number of hydrogen-bond acceptors (Lipinski definition) is 6. The number of nitrogens with zero attached hydrogens (tertiary/aromatic N) is 3. The molecular weight excluding hydrogens is 454 g/mol. The second-order valence-corrected chi connectivity index (χ2v) is 9.42. The van der Waals surface area contributed by atoms with Gasteiger partial charge in [0.05, 0.1) is 4.91 Å². The van der Waals surface area contributed by atoms with Crippen molar-refractivity contribution in [2.24, 2.45) is 5.92 Å². The topological polar surface area (TPSA) is 63.9 Å². The Balaban J connectivity index is 1.82. The van der Waals surface area contributed by atoms with Crippen molar-refractivity contribution < 1.29 is 9.53 Å². The van der Waals surface area contributed by atoms with E-state index < -0.39 is 0 Å². The van der Waals surface area contributed by atoms with E-state index >= 15 is 0 Å². The summed E-state index contributed by atoms with van der Waals surface area (Å²) in [5, 5.41) is 0.563. The fourth-order valence-corrected chi connectivity index (χ4v) is 4.43. The maximum atomic E-state index is 13.2. The molecule has 4 rings (SSSR count).